The first kappa shape index (κ1) is 26.8. The maximum Gasteiger partial charge on any atom is 0.258 e. The summed E-state index contributed by atoms with van der Waals surface area (Å²) in [5.74, 6) is 0.0677. The molecule has 2 aliphatic heterocycles. The third-order valence-corrected chi connectivity index (χ3v) is 6.98. The SMILES string of the molecule is CC(C)(F)CN1CCC(COc2ccc(-c3ccccc3C(=O)NC(=O)[C@@H]3CCCN3)cc2C#N)CC1. The van der Waals surface area contributed by atoms with E-state index in [4.69, 9.17) is 4.74 Å². The first-order valence-corrected chi connectivity index (χ1v) is 13.0. The summed E-state index contributed by atoms with van der Waals surface area (Å²) < 4.78 is 20.0. The van der Waals surface area contributed by atoms with Gasteiger partial charge in [-0.1, -0.05) is 24.3 Å². The Bertz CT molecular complexity index is 1160. The molecule has 0 aromatic heterocycles. The van der Waals surface area contributed by atoms with Gasteiger partial charge in [0.05, 0.1) is 18.2 Å². The second kappa shape index (κ2) is 11.8. The molecule has 2 heterocycles. The van der Waals surface area contributed by atoms with E-state index in [1.54, 1.807) is 44.2 Å². The lowest BCUT2D eigenvalue weighted by Gasteiger charge is -2.34. The number of nitrogens with one attached hydrogen (secondary N) is 2. The van der Waals surface area contributed by atoms with Gasteiger partial charge in [-0.3, -0.25) is 14.9 Å². The van der Waals surface area contributed by atoms with E-state index in [0.29, 0.717) is 53.5 Å². The summed E-state index contributed by atoms with van der Waals surface area (Å²) in [5.41, 5.74) is 0.890. The number of nitrogens with zero attached hydrogens (tertiary/aromatic N) is 2. The second-order valence-electron chi connectivity index (χ2n) is 10.6. The molecule has 37 heavy (non-hydrogen) atoms. The van der Waals surface area contributed by atoms with Crippen molar-refractivity contribution in [1.82, 2.24) is 15.5 Å². The van der Waals surface area contributed by atoms with Gasteiger partial charge < -0.3 is 15.0 Å². The van der Waals surface area contributed by atoms with Gasteiger partial charge in [-0.15, -0.1) is 0 Å². The molecular weight excluding hydrogens is 471 g/mol. The van der Waals surface area contributed by atoms with Crippen LogP contribution in [0.4, 0.5) is 4.39 Å². The Morgan fingerprint density at radius 2 is 1.95 bits per heavy atom. The average Bonchev–Trinajstić information content (AvgIpc) is 3.43. The van der Waals surface area contributed by atoms with E-state index in [-0.39, 0.29) is 11.9 Å². The van der Waals surface area contributed by atoms with Crippen LogP contribution < -0.4 is 15.4 Å². The lowest BCUT2D eigenvalue weighted by Crippen LogP contribution is -2.43. The van der Waals surface area contributed by atoms with Crippen molar-refractivity contribution in [2.75, 3.05) is 32.8 Å². The summed E-state index contributed by atoms with van der Waals surface area (Å²) in [6.07, 6.45) is 3.47. The first-order valence-electron chi connectivity index (χ1n) is 13.0. The average molecular weight is 507 g/mol. The number of rotatable bonds is 8. The van der Waals surface area contributed by atoms with Crippen LogP contribution in [0, 0.1) is 17.2 Å². The molecule has 0 aliphatic carbocycles. The summed E-state index contributed by atoms with van der Waals surface area (Å²) in [6, 6.07) is 14.2. The molecule has 196 valence electrons. The molecule has 1 atom stereocenters. The lowest BCUT2D eigenvalue weighted by molar-refractivity contribution is -0.121. The molecule has 7 nitrogen and oxygen atoms in total. The minimum atomic E-state index is -1.20. The van der Waals surface area contributed by atoms with Crippen LogP contribution >= 0.6 is 0 Å². The maximum atomic E-state index is 13.9. The minimum absolute atomic E-state index is 0.321. The number of hydrogen-bond donors (Lipinski definition) is 2. The number of piperidine rings is 1. The van der Waals surface area contributed by atoms with Crippen molar-refractivity contribution in [2.45, 2.75) is 51.2 Å². The monoisotopic (exact) mass is 506 g/mol. The summed E-state index contributed by atoms with van der Waals surface area (Å²) in [5, 5.41) is 15.4. The number of amides is 2. The van der Waals surface area contributed by atoms with Crippen LogP contribution in [0.25, 0.3) is 11.1 Å². The standard InChI is InChI=1S/C29H35FN4O3/c1-29(2,30)19-34-14-11-20(12-15-34)18-37-26-10-9-21(16-22(26)17-31)23-6-3-4-7-24(23)27(35)33-28(36)25-8-5-13-32-25/h3-4,6-7,9-10,16,20,25,32H,5,8,11-15,18-19H2,1-2H3,(H,33,35,36)/t25-/m0/s1. The van der Waals surface area contributed by atoms with Crippen molar-refractivity contribution >= 4 is 11.8 Å². The van der Waals surface area contributed by atoms with Gasteiger partial charge in [-0.05, 0) is 94.4 Å². The third-order valence-electron chi connectivity index (χ3n) is 6.98. The molecule has 4 rings (SSSR count). The van der Waals surface area contributed by atoms with Crippen molar-refractivity contribution in [3.05, 3.63) is 53.6 Å². The molecule has 2 fully saturated rings. The number of imide groups is 1. The number of benzene rings is 2. The highest BCUT2D eigenvalue weighted by Crippen LogP contribution is 2.30. The van der Waals surface area contributed by atoms with Crippen molar-refractivity contribution in [3.8, 4) is 22.9 Å². The van der Waals surface area contributed by atoms with Gasteiger partial charge in [0.2, 0.25) is 5.91 Å². The molecule has 2 aromatic carbocycles. The van der Waals surface area contributed by atoms with Gasteiger partial charge >= 0.3 is 0 Å². The van der Waals surface area contributed by atoms with Crippen LogP contribution in [0.15, 0.2) is 42.5 Å². The van der Waals surface area contributed by atoms with Gasteiger partial charge in [0.15, 0.2) is 0 Å². The highest BCUT2D eigenvalue weighted by molar-refractivity contribution is 6.09. The zero-order valence-electron chi connectivity index (χ0n) is 21.6. The molecule has 0 saturated carbocycles. The van der Waals surface area contributed by atoms with Crippen LogP contribution in [0.5, 0.6) is 5.75 Å². The van der Waals surface area contributed by atoms with Crippen molar-refractivity contribution in [2.24, 2.45) is 5.92 Å². The molecule has 8 heteroatoms. The van der Waals surface area contributed by atoms with E-state index in [0.717, 1.165) is 38.9 Å². The molecule has 2 aliphatic rings. The fourth-order valence-electron chi connectivity index (χ4n) is 5.07. The number of ether oxygens (including phenoxy) is 1. The summed E-state index contributed by atoms with van der Waals surface area (Å²) in [7, 11) is 0. The number of likely N-dealkylation sites (tertiary alicyclic amines) is 1. The van der Waals surface area contributed by atoms with Crippen molar-refractivity contribution < 1.29 is 18.7 Å². The van der Waals surface area contributed by atoms with Gasteiger partial charge in [0.25, 0.3) is 5.91 Å². The Labute approximate surface area is 218 Å². The third kappa shape index (κ3) is 7.15. The fourth-order valence-corrected chi connectivity index (χ4v) is 5.07. The lowest BCUT2D eigenvalue weighted by atomic mass is 9.96. The second-order valence-corrected chi connectivity index (χ2v) is 10.6. The molecular formula is C29H35FN4O3. The predicted octanol–water partition coefficient (Wildman–Crippen LogP) is 4.07. The molecule has 2 amide bonds. The number of hydrogen-bond acceptors (Lipinski definition) is 6. The predicted molar refractivity (Wildman–Crippen MR) is 140 cm³/mol. The molecule has 2 saturated heterocycles. The van der Waals surface area contributed by atoms with Crippen molar-refractivity contribution in [3.63, 3.8) is 0 Å². The number of carbonyl (C=O) groups is 2. The van der Waals surface area contributed by atoms with Crippen LogP contribution in [-0.4, -0.2) is 61.2 Å². The summed E-state index contributed by atoms with van der Waals surface area (Å²) in [4.78, 5) is 27.5. The normalized spacial score (nSPS) is 18.8. The van der Waals surface area contributed by atoms with Crippen LogP contribution in [0.1, 0.15) is 55.5 Å². The summed E-state index contributed by atoms with van der Waals surface area (Å²) >= 11 is 0. The zero-order chi connectivity index (χ0) is 26.4. The Balaban J connectivity index is 1.41. The van der Waals surface area contributed by atoms with Crippen LogP contribution in [0.3, 0.4) is 0 Å². The number of carbonyl (C=O) groups excluding carboxylic acids is 2. The zero-order valence-corrected chi connectivity index (χ0v) is 21.6. The highest BCUT2D eigenvalue weighted by Gasteiger charge is 2.26. The topological polar surface area (TPSA) is 94.5 Å². The van der Waals surface area contributed by atoms with Crippen LogP contribution in [0.2, 0.25) is 0 Å². The quantitative estimate of drug-likeness (QED) is 0.524. The van der Waals surface area contributed by atoms with E-state index in [2.05, 4.69) is 21.6 Å². The maximum absolute atomic E-state index is 13.9. The Hall–Kier alpha value is -3.28. The largest absolute Gasteiger partial charge is 0.492 e. The van der Waals surface area contributed by atoms with Gasteiger partial charge in [0.1, 0.15) is 17.5 Å². The van der Waals surface area contributed by atoms with E-state index in [1.165, 1.54) is 0 Å². The van der Waals surface area contributed by atoms with Crippen molar-refractivity contribution in [1.29, 1.82) is 5.26 Å². The van der Waals surface area contributed by atoms with Crippen LogP contribution in [-0.2, 0) is 4.79 Å². The van der Waals surface area contributed by atoms with E-state index >= 15 is 0 Å². The molecule has 0 bridgehead atoms. The Kier molecular flexibility index (Phi) is 8.57. The number of nitriles is 1. The minimum Gasteiger partial charge on any atom is -0.492 e. The van der Waals surface area contributed by atoms with Gasteiger partial charge in [-0.25, -0.2) is 4.39 Å². The smallest absolute Gasteiger partial charge is 0.258 e. The Morgan fingerprint density at radius 1 is 1.19 bits per heavy atom. The highest BCUT2D eigenvalue weighted by atomic mass is 19.1. The van der Waals surface area contributed by atoms with Gasteiger partial charge in [0, 0.05) is 12.1 Å². The fraction of sp³-hybridized carbons (Fsp3) is 0.483. The molecule has 0 unspecified atom stereocenters. The molecule has 2 aromatic rings. The number of halogens is 1. The number of alkyl halides is 1. The van der Waals surface area contributed by atoms with E-state index < -0.39 is 11.6 Å². The Morgan fingerprint density at radius 3 is 2.62 bits per heavy atom. The van der Waals surface area contributed by atoms with Gasteiger partial charge in [-0.2, -0.15) is 5.26 Å². The molecule has 2 N–H and O–H groups in total. The van der Waals surface area contributed by atoms with E-state index in [1.807, 2.05) is 12.1 Å². The molecule has 0 spiro atoms. The van der Waals surface area contributed by atoms with E-state index in [9.17, 15) is 19.2 Å². The summed E-state index contributed by atoms with van der Waals surface area (Å²) in [6.45, 7) is 6.59. The first-order chi connectivity index (χ1) is 17.7. The molecule has 0 radical (unpaired) electrons.